The van der Waals surface area contributed by atoms with E-state index in [1.807, 2.05) is 71.9 Å². The van der Waals surface area contributed by atoms with Crippen LogP contribution in [0.3, 0.4) is 0 Å². The fourth-order valence-corrected chi connectivity index (χ4v) is 4.38. The first-order valence-corrected chi connectivity index (χ1v) is 13.1. The number of benzene rings is 1. The van der Waals surface area contributed by atoms with Gasteiger partial charge in [-0.1, -0.05) is 31.2 Å². The summed E-state index contributed by atoms with van der Waals surface area (Å²) in [6.45, 7) is 13.2. The van der Waals surface area contributed by atoms with Crippen LogP contribution in [0.1, 0.15) is 72.4 Å². The summed E-state index contributed by atoms with van der Waals surface area (Å²) in [5.41, 5.74) is 6.50. The average molecular weight is 517 g/mol. The number of amides is 2. The van der Waals surface area contributed by atoms with Crippen LogP contribution in [-0.4, -0.2) is 54.7 Å². The van der Waals surface area contributed by atoms with Crippen molar-refractivity contribution >= 4 is 22.9 Å². The van der Waals surface area contributed by atoms with Crippen LogP contribution in [0.2, 0.25) is 0 Å². The highest BCUT2D eigenvalue weighted by Gasteiger charge is 2.33. The van der Waals surface area contributed by atoms with Crippen LogP contribution in [-0.2, 0) is 19.0 Å². The fourth-order valence-electron chi connectivity index (χ4n) is 4.38. The highest BCUT2D eigenvalue weighted by molar-refractivity contribution is 5.85. The number of carbonyl (C=O) groups excluding carboxylic acids is 2. The van der Waals surface area contributed by atoms with E-state index in [1.165, 1.54) is 0 Å². The number of carbonyl (C=O) groups is 2. The molecule has 9 nitrogen and oxygen atoms in total. The maximum absolute atomic E-state index is 13.8. The van der Waals surface area contributed by atoms with Gasteiger partial charge in [0.05, 0.1) is 24.2 Å². The number of primary amides is 1. The molecule has 9 heteroatoms. The largest absolute Gasteiger partial charge is 0.450 e. The third kappa shape index (κ3) is 9.91. The van der Waals surface area contributed by atoms with Gasteiger partial charge in [-0.3, -0.25) is 9.78 Å². The summed E-state index contributed by atoms with van der Waals surface area (Å²) in [5.74, 6) is -0.321. The summed E-state index contributed by atoms with van der Waals surface area (Å²) in [4.78, 5) is 29.3. The molecule has 2 amide bonds. The lowest BCUT2D eigenvalue weighted by atomic mass is 9.91. The molecule has 0 saturated heterocycles. The van der Waals surface area contributed by atoms with Crippen LogP contribution in [0.25, 0.3) is 10.9 Å². The number of hydrogen-bond acceptors (Lipinski definition) is 7. The Balaban J connectivity index is 2.36. The third-order valence-electron chi connectivity index (χ3n) is 5.97. The quantitative estimate of drug-likeness (QED) is 0.236. The second-order valence-electron chi connectivity index (χ2n) is 10.2. The van der Waals surface area contributed by atoms with Gasteiger partial charge in [-0.15, -0.1) is 0 Å². The lowest BCUT2D eigenvalue weighted by Gasteiger charge is -2.34. The first-order chi connectivity index (χ1) is 17.6. The van der Waals surface area contributed by atoms with Crippen molar-refractivity contribution in [2.45, 2.75) is 84.7 Å². The molecule has 0 aliphatic carbocycles. The highest BCUT2D eigenvalue weighted by atomic mass is 16.7. The van der Waals surface area contributed by atoms with Gasteiger partial charge in [0.15, 0.2) is 6.29 Å². The summed E-state index contributed by atoms with van der Waals surface area (Å²) < 4.78 is 16.7. The predicted octanol–water partition coefficient (Wildman–Crippen LogP) is 4.45. The minimum Gasteiger partial charge on any atom is -0.450 e. The average Bonchev–Trinajstić information content (AvgIpc) is 2.84. The molecule has 0 bridgehead atoms. The molecular weight excluding hydrogens is 472 g/mol. The zero-order valence-electron chi connectivity index (χ0n) is 23.1. The number of fused-ring (bicyclic) bond motifs is 1. The molecule has 0 radical (unpaired) electrons. The van der Waals surface area contributed by atoms with Crippen LogP contribution in [0.4, 0.5) is 4.79 Å². The van der Waals surface area contributed by atoms with Gasteiger partial charge in [0.2, 0.25) is 5.91 Å². The third-order valence-corrected chi connectivity index (χ3v) is 5.97. The number of nitrogens with two attached hydrogens (primary N) is 1. The zero-order chi connectivity index (χ0) is 27.4. The van der Waals surface area contributed by atoms with Gasteiger partial charge in [0.1, 0.15) is 0 Å². The van der Waals surface area contributed by atoms with Crippen LogP contribution < -0.4 is 16.4 Å². The Morgan fingerprint density at radius 3 is 2.35 bits per heavy atom. The van der Waals surface area contributed by atoms with Crippen LogP contribution in [0.5, 0.6) is 0 Å². The smallest absolute Gasteiger partial charge is 0.404 e. The van der Waals surface area contributed by atoms with Gasteiger partial charge >= 0.3 is 6.09 Å². The molecule has 0 saturated carbocycles. The minimum atomic E-state index is -0.791. The van der Waals surface area contributed by atoms with Crippen molar-refractivity contribution in [3.8, 4) is 0 Å². The minimum absolute atomic E-state index is 0.123. The maximum atomic E-state index is 13.8. The summed E-state index contributed by atoms with van der Waals surface area (Å²) in [7, 11) is 0. The Bertz CT molecular complexity index is 983. The Labute approximate surface area is 220 Å². The molecule has 2 rings (SSSR count). The van der Waals surface area contributed by atoms with Crippen molar-refractivity contribution in [3.05, 3.63) is 42.1 Å². The van der Waals surface area contributed by atoms with Crippen molar-refractivity contribution in [2.75, 3.05) is 19.8 Å². The summed E-state index contributed by atoms with van der Waals surface area (Å²) in [6.07, 6.45) is 2.34. The molecule has 2 aromatic rings. The van der Waals surface area contributed by atoms with E-state index in [0.29, 0.717) is 32.5 Å². The number of hydrogen-bond donors (Lipinski definition) is 3. The Morgan fingerprint density at radius 1 is 1.05 bits per heavy atom. The van der Waals surface area contributed by atoms with Gasteiger partial charge in [-0.25, -0.2) is 4.79 Å². The number of pyridine rings is 1. The molecule has 1 heterocycles. The molecule has 0 aliphatic rings. The van der Waals surface area contributed by atoms with Gasteiger partial charge in [-0.05, 0) is 59.9 Å². The van der Waals surface area contributed by atoms with Gasteiger partial charge < -0.3 is 30.6 Å². The Hall–Kier alpha value is -2.75. The number of nitrogens with zero attached hydrogens (tertiary/aromatic N) is 1. The number of rotatable bonds is 15. The van der Waals surface area contributed by atoms with Crippen LogP contribution in [0.15, 0.2) is 36.5 Å². The summed E-state index contributed by atoms with van der Waals surface area (Å²) in [6, 6.07) is 9.04. The molecule has 1 aromatic heterocycles. The molecule has 1 aromatic carbocycles. The topological polar surface area (TPSA) is 125 Å². The normalized spacial score (nSPS) is 14.4. The second kappa shape index (κ2) is 14.9. The molecule has 0 spiro atoms. The fraction of sp³-hybridized carbons (Fsp3) is 0.607. The van der Waals surface area contributed by atoms with Crippen molar-refractivity contribution in [1.82, 2.24) is 15.6 Å². The molecule has 0 fully saturated rings. The van der Waals surface area contributed by atoms with E-state index in [4.69, 9.17) is 19.9 Å². The van der Waals surface area contributed by atoms with Crippen molar-refractivity contribution in [1.29, 1.82) is 0 Å². The number of ether oxygens (including phenoxy) is 3. The molecule has 3 atom stereocenters. The van der Waals surface area contributed by atoms with Crippen LogP contribution >= 0.6 is 0 Å². The van der Waals surface area contributed by atoms with Gasteiger partial charge in [0, 0.05) is 41.8 Å². The monoisotopic (exact) mass is 516 g/mol. The van der Waals surface area contributed by atoms with Crippen molar-refractivity contribution < 1.29 is 23.8 Å². The number of unbranched alkanes of at least 4 members (excludes halogenated alkanes) is 1. The molecule has 37 heavy (non-hydrogen) atoms. The van der Waals surface area contributed by atoms with Crippen LogP contribution in [0, 0.1) is 5.92 Å². The second-order valence-corrected chi connectivity index (χ2v) is 10.2. The number of aromatic nitrogens is 1. The zero-order valence-corrected chi connectivity index (χ0v) is 23.1. The molecule has 0 unspecified atom stereocenters. The van der Waals surface area contributed by atoms with Crippen molar-refractivity contribution in [2.24, 2.45) is 11.7 Å². The predicted molar refractivity (Wildman–Crippen MR) is 145 cm³/mol. The molecule has 206 valence electrons. The number of para-hydroxylation sites is 1. The number of nitrogens with one attached hydrogen (secondary N) is 2. The van der Waals surface area contributed by atoms with E-state index < -0.39 is 24.5 Å². The van der Waals surface area contributed by atoms with E-state index in [-0.39, 0.29) is 24.0 Å². The Morgan fingerprint density at radius 2 is 1.73 bits per heavy atom. The molecular formula is C28H44N4O5. The lowest BCUT2D eigenvalue weighted by molar-refractivity contribution is -0.170. The SMILES string of the molecule is CCOC(OCC)[C@@H](C)[C@H](NC(=O)[C@H](CCCCOC(N)=O)NC(C)(C)C)c1cccc2cccnc12. The first kappa shape index (κ1) is 30.5. The summed E-state index contributed by atoms with van der Waals surface area (Å²) >= 11 is 0. The maximum Gasteiger partial charge on any atom is 0.404 e. The van der Waals surface area contributed by atoms with E-state index in [1.54, 1.807) is 6.20 Å². The van der Waals surface area contributed by atoms with Gasteiger partial charge in [-0.2, -0.15) is 0 Å². The van der Waals surface area contributed by atoms with E-state index in [2.05, 4.69) is 15.6 Å². The Kier molecular flexibility index (Phi) is 12.2. The lowest BCUT2D eigenvalue weighted by Crippen LogP contribution is -2.53. The molecule has 4 N–H and O–H groups in total. The van der Waals surface area contributed by atoms with E-state index in [0.717, 1.165) is 16.5 Å². The first-order valence-electron chi connectivity index (χ1n) is 13.1. The molecule has 0 aliphatic heterocycles. The highest BCUT2D eigenvalue weighted by Crippen LogP contribution is 2.31. The van der Waals surface area contributed by atoms with Gasteiger partial charge in [0.25, 0.3) is 0 Å². The van der Waals surface area contributed by atoms with E-state index >= 15 is 0 Å². The van der Waals surface area contributed by atoms with Crippen molar-refractivity contribution in [3.63, 3.8) is 0 Å². The standard InChI is InChI=1S/C28H44N4O5/c1-7-35-26(36-8-2)19(3)23(21-15-11-13-20-14-12-17-30-24(20)21)31-25(33)22(32-28(4,5)6)16-9-10-18-37-27(29)34/h11-15,17,19,22-23,26,32H,7-10,16,18H2,1-6H3,(H2,29,34)(H,31,33)/t19-,22-,23-/m0/s1. The summed E-state index contributed by atoms with van der Waals surface area (Å²) in [5, 5.41) is 7.74. The van der Waals surface area contributed by atoms with E-state index in [9.17, 15) is 9.59 Å².